The van der Waals surface area contributed by atoms with Gasteiger partial charge in [0.1, 0.15) is 0 Å². The summed E-state index contributed by atoms with van der Waals surface area (Å²) in [6, 6.07) is 3.42. The summed E-state index contributed by atoms with van der Waals surface area (Å²) in [5.41, 5.74) is 5.90. The summed E-state index contributed by atoms with van der Waals surface area (Å²) in [5.74, 6) is 0.599. The number of rotatable bonds is 5. The Balaban J connectivity index is 2.76. The van der Waals surface area contributed by atoms with E-state index in [0.717, 1.165) is 0 Å². The molecule has 0 saturated heterocycles. The van der Waals surface area contributed by atoms with E-state index in [2.05, 4.69) is 10.2 Å². The van der Waals surface area contributed by atoms with Gasteiger partial charge in [0.15, 0.2) is 11.5 Å². The molecule has 0 aliphatic heterocycles. The van der Waals surface area contributed by atoms with E-state index < -0.39 is 0 Å². The number of carbonyl (C=O) groups is 1. The van der Waals surface area contributed by atoms with Crippen LogP contribution in [0.4, 0.5) is 5.82 Å². The lowest BCUT2D eigenvalue weighted by Crippen LogP contribution is -2.32. The normalized spacial score (nSPS) is 11.8. The van der Waals surface area contributed by atoms with E-state index in [1.165, 1.54) is 4.90 Å². The number of hydrogen-bond donors (Lipinski definition) is 1. The Morgan fingerprint density at radius 2 is 2.00 bits per heavy atom. The molecule has 1 aromatic rings. The molecule has 1 amide bonds. The fraction of sp³-hybridized carbons (Fsp3) is 0.500. The third-order valence-electron chi connectivity index (χ3n) is 2.70. The summed E-state index contributed by atoms with van der Waals surface area (Å²) in [6.07, 6.45) is 0. The topological polar surface area (TPSA) is 75.4 Å². The molecule has 7 heteroatoms. The summed E-state index contributed by atoms with van der Waals surface area (Å²) in [6.45, 7) is 2.61. The minimum absolute atomic E-state index is 0.0879. The Morgan fingerprint density at radius 1 is 1.37 bits per heavy atom. The highest BCUT2D eigenvalue weighted by molar-refractivity contribution is 7.80. The summed E-state index contributed by atoms with van der Waals surface area (Å²) in [7, 11) is 5.23. The molecular weight excluding hydrogens is 262 g/mol. The van der Waals surface area contributed by atoms with E-state index in [1.54, 1.807) is 26.2 Å². The van der Waals surface area contributed by atoms with Gasteiger partial charge in [-0.2, -0.15) is 0 Å². The second kappa shape index (κ2) is 6.42. The van der Waals surface area contributed by atoms with Gasteiger partial charge in [0.25, 0.3) is 5.91 Å². The van der Waals surface area contributed by atoms with Crippen LogP contribution in [0.5, 0.6) is 0 Å². The molecule has 2 N–H and O–H groups in total. The quantitative estimate of drug-likeness (QED) is 0.794. The molecule has 1 atom stereocenters. The van der Waals surface area contributed by atoms with Crippen molar-refractivity contribution < 1.29 is 4.79 Å². The van der Waals surface area contributed by atoms with E-state index in [9.17, 15) is 4.79 Å². The van der Waals surface area contributed by atoms with Crippen molar-refractivity contribution in [2.24, 2.45) is 11.7 Å². The Hall–Kier alpha value is -1.76. The van der Waals surface area contributed by atoms with Crippen molar-refractivity contribution in [3.05, 3.63) is 17.8 Å². The van der Waals surface area contributed by atoms with E-state index in [0.29, 0.717) is 23.0 Å². The van der Waals surface area contributed by atoms with Crippen LogP contribution < -0.4 is 10.6 Å². The first kappa shape index (κ1) is 15.3. The van der Waals surface area contributed by atoms with Gasteiger partial charge in [-0.1, -0.05) is 19.1 Å². The molecule has 0 radical (unpaired) electrons. The maximum Gasteiger partial charge on any atom is 0.273 e. The number of aromatic nitrogens is 2. The predicted octanol–water partition coefficient (Wildman–Crippen LogP) is 0.537. The summed E-state index contributed by atoms with van der Waals surface area (Å²) >= 11 is 4.94. The molecule has 0 aromatic carbocycles. The van der Waals surface area contributed by atoms with E-state index in [1.807, 2.05) is 18.9 Å². The lowest BCUT2D eigenvalue weighted by Gasteiger charge is -2.21. The van der Waals surface area contributed by atoms with Gasteiger partial charge in [0.05, 0.1) is 4.99 Å². The average molecular weight is 281 g/mol. The summed E-state index contributed by atoms with van der Waals surface area (Å²) in [4.78, 5) is 15.5. The van der Waals surface area contributed by atoms with Crippen LogP contribution >= 0.6 is 12.2 Å². The van der Waals surface area contributed by atoms with Crippen molar-refractivity contribution in [2.45, 2.75) is 6.92 Å². The molecule has 104 valence electrons. The van der Waals surface area contributed by atoms with Crippen LogP contribution in [0.1, 0.15) is 17.4 Å². The lowest BCUT2D eigenvalue weighted by molar-refractivity contribution is 0.0821. The number of hydrogen-bond acceptors (Lipinski definition) is 5. The van der Waals surface area contributed by atoms with Crippen molar-refractivity contribution in [2.75, 3.05) is 32.6 Å². The molecular formula is C12H19N5OS. The zero-order valence-electron chi connectivity index (χ0n) is 11.6. The monoisotopic (exact) mass is 281 g/mol. The Kier molecular flexibility index (Phi) is 5.17. The highest BCUT2D eigenvalue weighted by atomic mass is 32.1. The van der Waals surface area contributed by atoms with Crippen LogP contribution in [-0.4, -0.2) is 53.7 Å². The maximum atomic E-state index is 11.7. The zero-order valence-corrected chi connectivity index (χ0v) is 12.4. The van der Waals surface area contributed by atoms with Crippen LogP contribution in [-0.2, 0) is 0 Å². The predicted molar refractivity (Wildman–Crippen MR) is 79.3 cm³/mol. The van der Waals surface area contributed by atoms with Gasteiger partial charge in [0, 0.05) is 33.6 Å². The first-order valence-corrected chi connectivity index (χ1v) is 6.29. The number of amides is 1. The first-order chi connectivity index (χ1) is 8.82. The SMILES string of the molecule is CC(CN(C)c1ccc(C(=O)N(C)C)nn1)C(N)=S. The number of thiocarbonyl (C=S) groups is 1. The maximum absolute atomic E-state index is 11.7. The Labute approximate surface area is 118 Å². The van der Waals surface area contributed by atoms with Crippen LogP contribution in [0.3, 0.4) is 0 Å². The van der Waals surface area contributed by atoms with Gasteiger partial charge in [0.2, 0.25) is 0 Å². The van der Waals surface area contributed by atoms with E-state index in [4.69, 9.17) is 18.0 Å². The second-order valence-corrected chi connectivity index (χ2v) is 5.13. The standard InChI is InChI=1S/C12H19N5OS/c1-8(11(13)19)7-17(4)10-6-5-9(14-15-10)12(18)16(2)3/h5-6,8H,7H2,1-4H3,(H2,13,19). The van der Waals surface area contributed by atoms with E-state index >= 15 is 0 Å². The third kappa shape index (κ3) is 4.13. The number of anilines is 1. The molecule has 0 aliphatic carbocycles. The van der Waals surface area contributed by atoms with Crippen molar-refractivity contribution >= 4 is 28.9 Å². The minimum Gasteiger partial charge on any atom is -0.393 e. The fourth-order valence-electron chi connectivity index (χ4n) is 1.47. The van der Waals surface area contributed by atoms with Crippen molar-refractivity contribution in [3.8, 4) is 0 Å². The van der Waals surface area contributed by atoms with Gasteiger partial charge in [-0.3, -0.25) is 4.79 Å². The van der Waals surface area contributed by atoms with Gasteiger partial charge in [-0.15, -0.1) is 10.2 Å². The smallest absolute Gasteiger partial charge is 0.273 e. The average Bonchev–Trinajstić information content (AvgIpc) is 2.37. The molecule has 6 nitrogen and oxygen atoms in total. The Bertz CT molecular complexity index is 460. The molecule has 1 rings (SSSR count). The summed E-state index contributed by atoms with van der Waals surface area (Å²) < 4.78 is 0. The molecule has 0 bridgehead atoms. The van der Waals surface area contributed by atoms with Crippen molar-refractivity contribution in [1.29, 1.82) is 0 Å². The van der Waals surface area contributed by atoms with Gasteiger partial charge in [-0.25, -0.2) is 0 Å². The fourth-order valence-corrected chi connectivity index (χ4v) is 1.54. The molecule has 1 unspecified atom stereocenters. The van der Waals surface area contributed by atoms with Gasteiger partial charge < -0.3 is 15.5 Å². The molecule has 19 heavy (non-hydrogen) atoms. The van der Waals surface area contributed by atoms with Crippen LogP contribution in [0, 0.1) is 5.92 Å². The Morgan fingerprint density at radius 3 is 2.42 bits per heavy atom. The van der Waals surface area contributed by atoms with Crippen LogP contribution in [0.25, 0.3) is 0 Å². The second-order valence-electron chi connectivity index (χ2n) is 4.66. The lowest BCUT2D eigenvalue weighted by atomic mass is 10.2. The largest absolute Gasteiger partial charge is 0.393 e. The first-order valence-electron chi connectivity index (χ1n) is 5.88. The van der Waals surface area contributed by atoms with Crippen LogP contribution in [0.2, 0.25) is 0 Å². The van der Waals surface area contributed by atoms with E-state index in [-0.39, 0.29) is 11.8 Å². The number of nitrogens with two attached hydrogens (primary N) is 1. The highest BCUT2D eigenvalue weighted by Gasteiger charge is 2.13. The molecule has 0 fully saturated rings. The molecule has 1 heterocycles. The number of nitrogens with zero attached hydrogens (tertiary/aromatic N) is 4. The van der Waals surface area contributed by atoms with Crippen LogP contribution in [0.15, 0.2) is 12.1 Å². The summed E-state index contributed by atoms with van der Waals surface area (Å²) in [5, 5.41) is 7.96. The zero-order chi connectivity index (χ0) is 14.6. The van der Waals surface area contributed by atoms with Crippen molar-refractivity contribution in [1.82, 2.24) is 15.1 Å². The highest BCUT2D eigenvalue weighted by Crippen LogP contribution is 2.10. The molecule has 0 saturated carbocycles. The van der Waals surface area contributed by atoms with Gasteiger partial charge in [-0.05, 0) is 12.1 Å². The minimum atomic E-state index is -0.168. The van der Waals surface area contributed by atoms with Gasteiger partial charge >= 0.3 is 0 Å². The molecule has 0 spiro atoms. The number of carbonyl (C=O) groups excluding carboxylic acids is 1. The third-order valence-corrected chi connectivity index (χ3v) is 3.10. The molecule has 0 aliphatic rings. The molecule has 1 aromatic heterocycles. The van der Waals surface area contributed by atoms with Crippen molar-refractivity contribution in [3.63, 3.8) is 0 Å².